The van der Waals surface area contributed by atoms with Gasteiger partial charge in [-0.1, -0.05) is 49.6 Å². The topological polar surface area (TPSA) is 177 Å². The number of rotatable bonds is 13. The number of hydrogen-bond donors (Lipinski definition) is 5. The molecule has 11 nitrogen and oxygen atoms in total. The maximum absolute atomic E-state index is 12.8. The first-order chi connectivity index (χ1) is 18.6. The van der Waals surface area contributed by atoms with E-state index in [0.29, 0.717) is 45.1 Å². The van der Waals surface area contributed by atoms with Gasteiger partial charge in [-0.3, -0.25) is 18.9 Å². The Kier molecular flexibility index (Phi) is 13.4. The van der Waals surface area contributed by atoms with E-state index in [4.69, 9.17) is 19.8 Å². The highest BCUT2D eigenvalue weighted by Crippen LogP contribution is 2.38. The molecule has 1 aliphatic rings. The largest absolute Gasteiger partial charge is 0.497 e. The van der Waals surface area contributed by atoms with E-state index in [-0.39, 0.29) is 10.8 Å². The van der Waals surface area contributed by atoms with E-state index in [1.54, 1.807) is 25.3 Å². The molecule has 0 aromatic heterocycles. The van der Waals surface area contributed by atoms with Crippen molar-refractivity contribution in [3.63, 3.8) is 0 Å². The van der Waals surface area contributed by atoms with Crippen LogP contribution in [0.2, 0.25) is 6.32 Å². The summed E-state index contributed by atoms with van der Waals surface area (Å²) in [5, 5.41) is 12.7. The van der Waals surface area contributed by atoms with E-state index in [1.807, 2.05) is 24.3 Å². The summed E-state index contributed by atoms with van der Waals surface area (Å²) in [6.45, 7) is 0.960. The van der Waals surface area contributed by atoms with Gasteiger partial charge >= 0.3 is 7.12 Å². The lowest BCUT2D eigenvalue weighted by atomic mass is 9.82. The van der Waals surface area contributed by atoms with Gasteiger partial charge in [-0.05, 0) is 68.4 Å². The summed E-state index contributed by atoms with van der Waals surface area (Å²) in [4.78, 5) is 25.5. The van der Waals surface area contributed by atoms with Crippen molar-refractivity contribution < 1.29 is 37.1 Å². The van der Waals surface area contributed by atoms with E-state index in [9.17, 15) is 23.0 Å². The first-order valence-electron chi connectivity index (χ1n) is 12.9. The maximum Gasteiger partial charge on any atom is 0.479 e. The lowest BCUT2D eigenvalue weighted by Gasteiger charge is -2.26. The highest BCUT2D eigenvalue weighted by Gasteiger charge is 2.48. The number of nitrogens with two attached hydrogens (primary N) is 1. The molecule has 0 heterocycles. The molecule has 6 N–H and O–H groups in total. The first kappa shape index (κ1) is 32.2. The van der Waals surface area contributed by atoms with Gasteiger partial charge < -0.3 is 20.8 Å². The van der Waals surface area contributed by atoms with Crippen molar-refractivity contribution in [3.8, 4) is 5.75 Å². The summed E-state index contributed by atoms with van der Waals surface area (Å²) in [5.74, 6) is -0.0222. The number of amides is 2. The molecule has 0 bridgehead atoms. The fourth-order valence-electron chi connectivity index (χ4n) is 4.19. The molecule has 1 fully saturated rings. The molecule has 39 heavy (non-hydrogen) atoms. The molecule has 1 aliphatic carbocycles. The predicted molar refractivity (Wildman–Crippen MR) is 147 cm³/mol. The van der Waals surface area contributed by atoms with Gasteiger partial charge in [0.25, 0.3) is 16.0 Å². The number of nitrogens with one attached hydrogen (secondary N) is 2. The summed E-state index contributed by atoms with van der Waals surface area (Å²) >= 11 is 0. The summed E-state index contributed by atoms with van der Waals surface area (Å²) in [5.41, 5.74) is 7.61. The summed E-state index contributed by atoms with van der Waals surface area (Å²) in [7, 11) is -3.50. The highest BCUT2D eigenvalue weighted by molar-refractivity contribution is 7.85. The third-order valence-electron chi connectivity index (χ3n) is 6.39. The van der Waals surface area contributed by atoms with Crippen molar-refractivity contribution in [2.45, 2.75) is 56.2 Å². The van der Waals surface area contributed by atoms with Crippen LogP contribution >= 0.6 is 0 Å². The smallest absolute Gasteiger partial charge is 0.479 e. The van der Waals surface area contributed by atoms with Crippen LogP contribution in [0.25, 0.3) is 0 Å². The highest BCUT2D eigenvalue weighted by atomic mass is 32.2. The molecule has 2 aromatic carbocycles. The Balaban J connectivity index is 0.000000446. The second kappa shape index (κ2) is 16.2. The fraction of sp³-hybridized carbons (Fsp3) is 0.462. The van der Waals surface area contributed by atoms with Crippen LogP contribution in [0, 0.1) is 5.41 Å². The van der Waals surface area contributed by atoms with Crippen molar-refractivity contribution in [1.82, 2.24) is 10.8 Å². The van der Waals surface area contributed by atoms with Crippen LogP contribution in [0.1, 0.15) is 44.1 Å². The predicted octanol–water partition coefficient (Wildman–Crippen LogP) is 2.11. The van der Waals surface area contributed by atoms with E-state index < -0.39 is 28.6 Å². The lowest BCUT2D eigenvalue weighted by molar-refractivity contribution is -0.148. The van der Waals surface area contributed by atoms with Gasteiger partial charge in [0.1, 0.15) is 11.2 Å². The van der Waals surface area contributed by atoms with Crippen molar-refractivity contribution in [2.75, 3.05) is 20.2 Å². The standard InChI is InChI=1S/C20H32BN3O5.C6H6O3S/c1-28-17-8-6-7-16(15-17)9-14-23-18(25)20(10-2-3-11-20)19(26)24-29-21(27)12-4-5-13-22;7-10(8,9)6-4-2-1-3-5-6/h6-8,15,27H,2-5,9-14,22H2,1H3,(H,23,25)(H,24,26);1-5H,(H,7,8,9). The molecule has 0 spiro atoms. The molecule has 214 valence electrons. The zero-order valence-electron chi connectivity index (χ0n) is 22.2. The number of methoxy groups -OCH3 is 1. The number of unbranched alkanes of at least 4 members (excludes halogenated alkanes) is 1. The molecule has 2 amide bonds. The fourth-order valence-corrected chi connectivity index (χ4v) is 4.69. The molecular weight excluding hydrogens is 525 g/mol. The van der Waals surface area contributed by atoms with Crippen molar-refractivity contribution in [3.05, 3.63) is 60.2 Å². The number of carbonyl (C=O) groups excluding carboxylic acids is 2. The maximum atomic E-state index is 12.8. The quantitative estimate of drug-likeness (QED) is 0.0803. The summed E-state index contributed by atoms with van der Waals surface area (Å²) in [6.07, 6.45) is 5.02. The molecule has 2 aromatic rings. The van der Waals surface area contributed by atoms with Gasteiger partial charge in [0.2, 0.25) is 5.91 Å². The normalized spacial score (nSPS) is 14.1. The van der Waals surface area contributed by atoms with E-state index in [1.165, 1.54) is 12.1 Å². The molecule has 0 atom stereocenters. The van der Waals surface area contributed by atoms with Gasteiger partial charge in [0.15, 0.2) is 0 Å². The molecule has 3 rings (SSSR count). The monoisotopic (exact) mass is 563 g/mol. The van der Waals surface area contributed by atoms with Crippen LogP contribution in [0.3, 0.4) is 0 Å². The minimum Gasteiger partial charge on any atom is -0.497 e. The Bertz CT molecular complexity index is 1140. The number of hydroxylamine groups is 1. The third-order valence-corrected chi connectivity index (χ3v) is 7.26. The summed E-state index contributed by atoms with van der Waals surface area (Å²) in [6, 6.07) is 15.1. The van der Waals surface area contributed by atoms with E-state index >= 15 is 0 Å². The van der Waals surface area contributed by atoms with Crippen LogP contribution in [0.5, 0.6) is 5.75 Å². The molecular formula is C26H38BN3O8S. The molecule has 13 heteroatoms. The van der Waals surface area contributed by atoms with E-state index in [2.05, 4.69) is 10.8 Å². The van der Waals surface area contributed by atoms with Gasteiger partial charge in [-0.25, -0.2) is 5.48 Å². The van der Waals surface area contributed by atoms with Gasteiger partial charge in [-0.15, -0.1) is 0 Å². The molecule has 0 radical (unpaired) electrons. The Morgan fingerprint density at radius 2 is 1.74 bits per heavy atom. The van der Waals surface area contributed by atoms with Gasteiger partial charge in [-0.2, -0.15) is 8.42 Å². The Hall–Kier alpha value is -2.97. The first-order valence-corrected chi connectivity index (χ1v) is 14.3. The summed E-state index contributed by atoms with van der Waals surface area (Å²) < 4.78 is 39.5. The Morgan fingerprint density at radius 1 is 1.05 bits per heavy atom. The average Bonchev–Trinajstić information content (AvgIpc) is 3.44. The zero-order valence-corrected chi connectivity index (χ0v) is 23.0. The molecule has 0 aliphatic heterocycles. The minimum absolute atomic E-state index is 0.0741. The third kappa shape index (κ3) is 10.6. The van der Waals surface area contributed by atoms with Crippen molar-refractivity contribution >= 4 is 29.1 Å². The number of hydrogen-bond acceptors (Lipinski definition) is 8. The van der Waals surface area contributed by atoms with Crippen LogP contribution in [-0.4, -0.2) is 57.1 Å². The number of benzene rings is 2. The van der Waals surface area contributed by atoms with Crippen molar-refractivity contribution in [2.24, 2.45) is 11.1 Å². The lowest BCUT2D eigenvalue weighted by Crippen LogP contribution is -2.51. The minimum atomic E-state index is -4.00. The van der Waals surface area contributed by atoms with Crippen LogP contribution in [-0.2, 0) is 30.9 Å². The molecule has 0 saturated heterocycles. The second-order valence-electron chi connectivity index (χ2n) is 9.22. The second-order valence-corrected chi connectivity index (χ2v) is 10.6. The number of ether oxygens (including phenoxy) is 1. The van der Waals surface area contributed by atoms with Gasteiger partial charge in [0, 0.05) is 6.54 Å². The van der Waals surface area contributed by atoms with Crippen LogP contribution in [0.15, 0.2) is 59.5 Å². The number of carbonyl (C=O) groups is 2. The van der Waals surface area contributed by atoms with Crippen LogP contribution in [0.4, 0.5) is 0 Å². The average molecular weight is 563 g/mol. The Morgan fingerprint density at radius 3 is 2.33 bits per heavy atom. The van der Waals surface area contributed by atoms with Crippen molar-refractivity contribution in [1.29, 1.82) is 0 Å². The molecule has 0 unspecified atom stereocenters. The Labute approximate surface area is 230 Å². The molecule has 1 saturated carbocycles. The van der Waals surface area contributed by atoms with Gasteiger partial charge in [0.05, 0.1) is 12.0 Å². The van der Waals surface area contributed by atoms with Crippen LogP contribution < -0.4 is 21.3 Å². The van der Waals surface area contributed by atoms with E-state index in [0.717, 1.165) is 30.6 Å². The SMILES string of the molecule is COc1cccc(CCNC(=O)C2(C(=O)NOB(O)CCCCN)CCCC2)c1.O=S(=O)(O)c1ccccc1. The zero-order chi connectivity index (χ0) is 28.7.